The van der Waals surface area contributed by atoms with Crippen LogP contribution in [0.5, 0.6) is 0 Å². The second kappa shape index (κ2) is 15.1. The number of alkyl halides is 3. The van der Waals surface area contributed by atoms with Crippen molar-refractivity contribution in [1.82, 2.24) is 14.7 Å². The maximum absolute atomic E-state index is 13.5. The van der Waals surface area contributed by atoms with E-state index in [1.165, 1.54) is 6.07 Å². The number of thiocarbonyl (C=S) groups is 1. The topological polar surface area (TPSA) is 98.6 Å². The van der Waals surface area contributed by atoms with Crippen molar-refractivity contribution in [1.29, 1.82) is 5.26 Å². The van der Waals surface area contributed by atoms with E-state index in [9.17, 15) is 22.8 Å². The average molecular weight is 614 g/mol. The summed E-state index contributed by atoms with van der Waals surface area (Å²) in [4.78, 5) is 32.6. The lowest BCUT2D eigenvalue weighted by molar-refractivity contribution is -0.139. The quantitative estimate of drug-likeness (QED) is 0.232. The molecule has 1 aromatic carbocycles. The Morgan fingerprint density at radius 2 is 1.69 bits per heavy atom. The number of nitrogens with zero attached hydrogens (tertiary/aromatic N) is 5. The second-order valence-corrected chi connectivity index (χ2v) is 10.9. The fraction of sp³-hybridized carbons (Fsp3) is 0.643. The molecule has 2 heterocycles. The van der Waals surface area contributed by atoms with Crippen LogP contribution in [-0.2, 0) is 30.0 Å². The molecule has 0 spiro atoms. The first-order chi connectivity index (χ1) is 19.9. The van der Waals surface area contributed by atoms with E-state index in [2.05, 4.69) is 4.90 Å². The number of piperazine rings is 1. The summed E-state index contributed by atoms with van der Waals surface area (Å²) in [5, 5.41) is 9.23. The molecule has 0 aromatic heterocycles. The van der Waals surface area contributed by atoms with Crippen LogP contribution in [0.2, 0.25) is 0 Å². The minimum absolute atomic E-state index is 0.0138. The predicted molar refractivity (Wildman–Crippen MR) is 153 cm³/mol. The molecule has 0 atom stereocenters. The van der Waals surface area contributed by atoms with Gasteiger partial charge in [-0.3, -0.25) is 19.4 Å². The third-order valence-corrected chi connectivity index (χ3v) is 7.77. The van der Waals surface area contributed by atoms with E-state index >= 15 is 0 Å². The molecule has 2 saturated heterocycles. The highest BCUT2D eigenvalue weighted by atomic mass is 32.1. The molecule has 14 heteroatoms. The van der Waals surface area contributed by atoms with Crippen molar-refractivity contribution in [2.75, 3.05) is 84.3 Å². The van der Waals surface area contributed by atoms with Gasteiger partial charge in [0.1, 0.15) is 12.1 Å². The largest absolute Gasteiger partial charge is 0.417 e. The molecule has 232 valence electrons. The van der Waals surface area contributed by atoms with Crippen LogP contribution in [0.25, 0.3) is 0 Å². The van der Waals surface area contributed by atoms with Crippen molar-refractivity contribution in [3.05, 3.63) is 29.3 Å². The number of nitriles is 1. The third-order valence-electron chi connectivity index (χ3n) is 7.37. The normalized spacial score (nSPS) is 17.7. The van der Waals surface area contributed by atoms with E-state index in [-0.39, 0.29) is 23.3 Å². The lowest BCUT2D eigenvalue weighted by Gasteiger charge is -2.35. The summed E-state index contributed by atoms with van der Waals surface area (Å²) < 4.78 is 56.2. The van der Waals surface area contributed by atoms with Crippen LogP contribution in [-0.4, -0.2) is 117 Å². The van der Waals surface area contributed by atoms with Crippen molar-refractivity contribution in [3.63, 3.8) is 0 Å². The van der Waals surface area contributed by atoms with Gasteiger partial charge in [-0.15, -0.1) is 0 Å². The number of methoxy groups -OCH3 is 1. The van der Waals surface area contributed by atoms with Crippen molar-refractivity contribution in [2.45, 2.75) is 38.4 Å². The van der Waals surface area contributed by atoms with E-state index in [1.54, 1.807) is 36.8 Å². The van der Waals surface area contributed by atoms with Crippen molar-refractivity contribution in [2.24, 2.45) is 0 Å². The first-order valence-corrected chi connectivity index (χ1v) is 14.2. The Bertz CT molecular complexity index is 1150. The summed E-state index contributed by atoms with van der Waals surface area (Å²) in [6.45, 7) is 9.15. The molecule has 10 nitrogen and oxygen atoms in total. The molecule has 3 rings (SSSR count). The SMILES string of the molecule is COCCOCCOCC(=O)N1CCN(CCCCN2C(=S)N(c3ccc(C#N)c(C(F)(F)F)c3)C(=O)C2(C)C)CC1. The van der Waals surface area contributed by atoms with Gasteiger partial charge in [-0.1, -0.05) is 0 Å². The zero-order valence-corrected chi connectivity index (χ0v) is 25.1. The van der Waals surface area contributed by atoms with Gasteiger partial charge in [0.05, 0.1) is 49.3 Å². The molecule has 0 N–H and O–H groups in total. The fourth-order valence-corrected chi connectivity index (χ4v) is 5.39. The van der Waals surface area contributed by atoms with Gasteiger partial charge in [0, 0.05) is 39.8 Å². The van der Waals surface area contributed by atoms with Crippen LogP contribution < -0.4 is 4.90 Å². The summed E-state index contributed by atoms with van der Waals surface area (Å²) in [5.74, 6) is -0.469. The van der Waals surface area contributed by atoms with E-state index < -0.39 is 28.7 Å². The molecular formula is C28H38F3N5O5S. The highest BCUT2D eigenvalue weighted by molar-refractivity contribution is 7.80. The minimum Gasteiger partial charge on any atom is -0.382 e. The van der Waals surface area contributed by atoms with Crippen LogP contribution >= 0.6 is 12.2 Å². The van der Waals surface area contributed by atoms with Gasteiger partial charge in [0.25, 0.3) is 5.91 Å². The highest BCUT2D eigenvalue weighted by Crippen LogP contribution is 2.38. The smallest absolute Gasteiger partial charge is 0.382 e. The van der Waals surface area contributed by atoms with Gasteiger partial charge < -0.3 is 24.0 Å². The van der Waals surface area contributed by atoms with Gasteiger partial charge in [0.15, 0.2) is 5.11 Å². The molecule has 42 heavy (non-hydrogen) atoms. The average Bonchev–Trinajstić information content (AvgIpc) is 3.12. The molecular weight excluding hydrogens is 575 g/mol. The van der Waals surface area contributed by atoms with E-state index in [0.717, 1.165) is 43.1 Å². The number of benzene rings is 1. The van der Waals surface area contributed by atoms with Crippen LogP contribution in [0.15, 0.2) is 18.2 Å². The van der Waals surface area contributed by atoms with Crippen LogP contribution in [0.3, 0.4) is 0 Å². The van der Waals surface area contributed by atoms with E-state index in [4.69, 9.17) is 31.7 Å². The number of rotatable bonds is 14. The maximum atomic E-state index is 13.5. The number of hydrogen-bond acceptors (Lipinski definition) is 8. The Morgan fingerprint density at radius 1 is 1.05 bits per heavy atom. The maximum Gasteiger partial charge on any atom is 0.417 e. The minimum atomic E-state index is -4.74. The van der Waals surface area contributed by atoms with Gasteiger partial charge in [-0.2, -0.15) is 18.4 Å². The van der Waals surface area contributed by atoms with E-state index in [0.29, 0.717) is 52.5 Å². The molecule has 0 radical (unpaired) electrons. The molecule has 2 aliphatic rings. The number of unbranched alkanes of at least 4 members (excludes halogenated alkanes) is 1. The number of carbonyl (C=O) groups is 2. The molecule has 0 aliphatic carbocycles. The predicted octanol–water partition coefficient (Wildman–Crippen LogP) is 2.89. The molecule has 2 amide bonds. The van der Waals surface area contributed by atoms with Crippen LogP contribution in [0.1, 0.15) is 37.8 Å². The highest BCUT2D eigenvalue weighted by Gasteiger charge is 2.49. The van der Waals surface area contributed by atoms with Gasteiger partial charge >= 0.3 is 6.18 Å². The lowest BCUT2D eigenvalue weighted by atomic mass is 10.0. The zero-order valence-electron chi connectivity index (χ0n) is 24.2. The molecule has 2 fully saturated rings. The number of anilines is 1. The molecule has 2 aliphatic heterocycles. The van der Waals surface area contributed by atoms with E-state index in [1.807, 2.05) is 0 Å². The summed E-state index contributed by atoms with van der Waals surface area (Å²) >= 11 is 5.56. The Balaban J connectivity index is 1.44. The lowest BCUT2D eigenvalue weighted by Crippen LogP contribution is -2.50. The zero-order chi connectivity index (χ0) is 30.9. The Morgan fingerprint density at radius 3 is 2.33 bits per heavy atom. The standard InChI is InChI=1S/C28H38F3N5O5S/c1-27(2)25(38)36(22-7-6-21(19-32)23(18-22)28(29,30)31)26(42)35(27)9-5-4-8-33-10-12-34(13-11-33)24(37)20-41-17-16-40-15-14-39-3/h6-7,18H,4-5,8-17,20H2,1-3H3. The number of amides is 2. The molecule has 0 unspecified atom stereocenters. The van der Waals surface area contributed by atoms with Gasteiger partial charge in [-0.05, 0) is 63.7 Å². The molecule has 0 bridgehead atoms. The third kappa shape index (κ3) is 8.38. The molecule has 1 aromatic rings. The van der Waals surface area contributed by atoms with Crippen LogP contribution in [0.4, 0.5) is 18.9 Å². The number of hydrogen-bond donors (Lipinski definition) is 0. The summed E-state index contributed by atoms with van der Waals surface area (Å²) in [5.41, 5.74) is -2.67. The second-order valence-electron chi connectivity index (χ2n) is 10.6. The monoisotopic (exact) mass is 613 g/mol. The summed E-state index contributed by atoms with van der Waals surface area (Å²) in [7, 11) is 1.60. The fourth-order valence-electron chi connectivity index (χ4n) is 4.88. The molecule has 0 saturated carbocycles. The Kier molecular flexibility index (Phi) is 12.1. The van der Waals surface area contributed by atoms with Gasteiger partial charge in [0.2, 0.25) is 5.91 Å². The first-order valence-electron chi connectivity index (χ1n) is 13.8. The number of carbonyl (C=O) groups excluding carboxylic acids is 2. The van der Waals surface area contributed by atoms with Gasteiger partial charge in [-0.25, -0.2) is 0 Å². The Labute approximate surface area is 249 Å². The Hall–Kier alpha value is -2.83. The van der Waals surface area contributed by atoms with Crippen molar-refractivity contribution in [3.8, 4) is 6.07 Å². The summed E-state index contributed by atoms with van der Waals surface area (Å²) in [6.07, 6.45) is -3.21. The number of halogens is 3. The summed E-state index contributed by atoms with van der Waals surface area (Å²) in [6, 6.07) is 4.73. The van der Waals surface area contributed by atoms with Crippen molar-refractivity contribution < 1.29 is 37.0 Å². The number of ether oxygens (including phenoxy) is 3. The van der Waals surface area contributed by atoms with Crippen molar-refractivity contribution >= 4 is 34.8 Å². The first kappa shape index (κ1) is 33.7. The van der Waals surface area contributed by atoms with Crippen LogP contribution in [0, 0.1) is 11.3 Å².